The third-order valence-corrected chi connectivity index (χ3v) is 9.69. The highest BCUT2D eigenvalue weighted by molar-refractivity contribution is 7.89. The number of aromatic hydroxyl groups is 2. The van der Waals surface area contributed by atoms with Crippen molar-refractivity contribution in [3.63, 3.8) is 0 Å². The number of methoxy groups -OCH3 is 2. The maximum atomic E-state index is 12.7. The fraction of sp³-hybridized carbons (Fsp3) is 0.278. The van der Waals surface area contributed by atoms with Crippen molar-refractivity contribution >= 4 is 31.7 Å². The molecule has 0 bridgehead atoms. The van der Waals surface area contributed by atoms with Gasteiger partial charge in [-0.25, -0.2) is 13.1 Å². The van der Waals surface area contributed by atoms with Crippen LogP contribution in [0.2, 0.25) is 0 Å². The number of hydrogen-bond acceptors (Lipinski definition) is 13. The Kier molecular flexibility index (Phi) is 17.0. The monoisotopic (exact) mass is 774 g/mol. The molecule has 0 saturated heterocycles. The number of aryl methyl sites for hydroxylation is 2. The van der Waals surface area contributed by atoms with E-state index in [1.807, 2.05) is 13.8 Å². The summed E-state index contributed by atoms with van der Waals surface area (Å²) in [5.74, 6) is -2.14. The molecule has 17 heteroatoms. The minimum absolute atomic E-state index is 0.0526. The number of nitrogens with one attached hydrogen (secondary N) is 1. The molecule has 0 aromatic heterocycles. The van der Waals surface area contributed by atoms with Gasteiger partial charge in [0, 0.05) is 29.8 Å². The molecule has 0 amide bonds. The lowest BCUT2D eigenvalue weighted by Crippen LogP contribution is -2.27. The molecule has 0 radical (unpaired) electrons. The van der Waals surface area contributed by atoms with Gasteiger partial charge in [0.05, 0.1) is 25.3 Å². The number of ether oxygens (including phenoxy) is 2. The number of phenols is 2. The third kappa shape index (κ3) is 12.6. The summed E-state index contributed by atoms with van der Waals surface area (Å²) < 4.78 is 69.2. The number of carbonyl (C=O) groups is 2. The van der Waals surface area contributed by atoms with Crippen molar-refractivity contribution in [3.05, 3.63) is 106 Å². The van der Waals surface area contributed by atoms with Crippen molar-refractivity contribution in [3.8, 4) is 23.0 Å². The summed E-state index contributed by atoms with van der Waals surface area (Å²) in [6, 6.07) is 17.5. The highest BCUT2D eigenvalue weighted by Gasteiger charge is 2.25. The molecule has 15 nitrogen and oxygen atoms in total. The molecule has 10 N–H and O–H groups in total. The van der Waals surface area contributed by atoms with Gasteiger partial charge < -0.3 is 36.9 Å². The summed E-state index contributed by atoms with van der Waals surface area (Å²) in [4.78, 5) is 24.3. The summed E-state index contributed by atoms with van der Waals surface area (Å²) >= 11 is 0. The van der Waals surface area contributed by atoms with Crippen LogP contribution in [0.25, 0.3) is 0 Å². The molecular weight excluding hydrogens is 729 g/mol. The van der Waals surface area contributed by atoms with Gasteiger partial charge >= 0.3 is 0 Å². The van der Waals surface area contributed by atoms with E-state index in [0.29, 0.717) is 18.5 Å². The van der Waals surface area contributed by atoms with Crippen molar-refractivity contribution in [1.82, 2.24) is 4.72 Å². The number of sulfonamides is 1. The Hall–Kier alpha value is -4.88. The molecule has 0 aliphatic carbocycles. The summed E-state index contributed by atoms with van der Waals surface area (Å²) in [7, 11) is -6.05. The molecule has 53 heavy (non-hydrogen) atoms. The second kappa shape index (κ2) is 20.4. The lowest BCUT2D eigenvalue weighted by atomic mass is 10.0. The Morgan fingerprint density at radius 1 is 0.642 bits per heavy atom. The van der Waals surface area contributed by atoms with Crippen LogP contribution in [0.3, 0.4) is 0 Å². The Labute approximate surface area is 309 Å². The van der Waals surface area contributed by atoms with Crippen LogP contribution < -0.4 is 31.4 Å². The first-order valence-corrected chi connectivity index (χ1v) is 19.0. The van der Waals surface area contributed by atoms with Crippen LogP contribution in [0.4, 0.5) is 0 Å². The van der Waals surface area contributed by atoms with E-state index < -0.39 is 42.4 Å². The predicted molar refractivity (Wildman–Crippen MR) is 200 cm³/mol. The van der Waals surface area contributed by atoms with Crippen LogP contribution in [0.5, 0.6) is 23.0 Å². The Balaban J connectivity index is 0.000000329. The van der Waals surface area contributed by atoms with E-state index in [4.69, 9.17) is 26.7 Å². The highest BCUT2D eigenvalue weighted by Crippen LogP contribution is 2.34. The second-order valence-corrected chi connectivity index (χ2v) is 14.5. The van der Waals surface area contributed by atoms with E-state index in [2.05, 4.69) is 4.72 Å². The average molecular weight is 775 g/mol. The molecular formula is C36H46N4O11S2. The Bertz CT molecular complexity index is 2070. The highest BCUT2D eigenvalue weighted by atomic mass is 32.2. The van der Waals surface area contributed by atoms with Crippen molar-refractivity contribution in [1.29, 1.82) is 0 Å². The van der Waals surface area contributed by atoms with Gasteiger partial charge in [-0.3, -0.25) is 14.1 Å². The van der Waals surface area contributed by atoms with E-state index in [-0.39, 0.29) is 45.4 Å². The lowest BCUT2D eigenvalue weighted by Gasteiger charge is -2.13. The first-order valence-electron chi connectivity index (χ1n) is 16.1. The zero-order valence-corrected chi connectivity index (χ0v) is 31.5. The average Bonchev–Trinajstić information content (AvgIpc) is 3.11. The number of carbonyl (C=O) groups excluding carboxylic acids is 2. The second-order valence-electron chi connectivity index (χ2n) is 11.4. The SMILES string of the molecule is COc1cc(O)c(C(=O)c2ccc(C)cc2)cc1S(=O)(=O)NCCCN.COc1cc(O)c(C(=O)c2ccc(C)cc2)cc1S(=O)(=O)O.NCCCN. The first-order chi connectivity index (χ1) is 24.9. The number of nitrogens with two attached hydrogens (primary N) is 3. The molecule has 288 valence electrons. The van der Waals surface area contributed by atoms with Gasteiger partial charge in [-0.2, -0.15) is 8.42 Å². The fourth-order valence-electron chi connectivity index (χ4n) is 4.42. The maximum Gasteiger partial charge on any atom is 0.298 e. The van der Waals surface area contributed by atoms with E-state index in [0.717, 1.165) is 54.9 Å². The molecule has 0 aliphatic heterocycles. The number of ketones is 2. The van der Waals surface area contributed by atoms with Gasteiger partial charge in [0.15, 0.2) is 11.6 Å². The van der Waals surface area contributed by atoms with Crippen LogP contribution in [-0.2, 0) is 20.1 Å². The number of hydrogen-bond donors (Lipinski definition) is 7. The largest absolute Gasteiger partial charge is 0.507 e. The third-order valence-electron chi connectivity index (χ3n) is 7.33. The Morgan fingerprint density at radius 3 is 1.36 bits per heavy atom. The van der Waals surface area contributed by atoms with Crippen LogP contribution in [0, 0.1) is 13.8 Å². The van der Waals surface area contributed by atoms with Crippen LogP contribution in [-0.4, -0.2) is 83.6 Å². The smallest absolute Gasteiger partial charge is 0.298 e. The summed E-state index contributed by atoms with van der Waals surface area (Å²) in [5, 5.41) is 20.1. The van der Waals surface area contributed by atoms with Gasteiger partial charge in [-0.1, -0.05) is 59.7 Å². The van der Waals surface area contributed by atoms with Crippen molar-refractivity contribution < 1.29 is 50.7 Å². The summed E-state index contributed by atoms with van der Waals surface area (Å²) in [6.45, 7) is 5.68. The molecule has 0 saturated carbocycles. The maximum absolute atomic E-state index is 12.7. The van der Waals surface area contributed by atoms with Crippen molar-refractivity contribution in [2.24, 2.45) is 17.2 Å². The predicted octanol–water partition coefficient (Wildman–Crippen LogP) is 3.05. The van der Waals surface area contributed by atoms with Crippen LogP contribution >= 0.6 is 0 Å². The fourth-order valence-corrected chi connectivity index (χ4v) is 6.33. The quantitative estimate of drug-likeness (QED) is 0.0551. The van der Waals surface area contributed by atoms with E-state index in [1.165, 1.54) is 14.2 Å². The normalized spacial score (nSPS) is 11.0. The summed E-state index contributed by atoms with van der Waals surface area (Å²) in [5.41, 5.74) is 17.7. The lowest BCUT2D eigenvalue weighted by molar-refractivity contribution is 0.102. The topological polar surface area (TPSA) is 272 Å². The number of benzene rings is 4. The van der Waals surface area contributed by atoms with Crippen LogP contribution in [0.1, 0.15) is 55.8 Å². The van der Waals surface area contributed by atoms with Gasteiger partial charge in [0.1, 0.15) is 32.8 Å². The van der Waals surface area contributed by atoms with Gasteiger partial charge in [-0.15, -0.1) is 0 Å². The molecule has 0 aliphatic rings. The van der Waals surface area contributed by atoms with Crippen molar-refractivity contribution in [2.45, 2.75) is 36.5 Å². The molecule has 0 fully saturated rings. The van der Waals surface area contributed by atoms with Gasteiger partial charge in [0.2, 0.25) is 10.0 Å². The first kappa shape index (κ1) is 44.3. The minimum Gasteiger partial charge on any atom is -0.507 e. The summed E-state index contributed by atoms with van der Waals surface area (Å²) in [6.07, 6.45) is 1.41. The Morgan fingerprint density at radius 2 is 1.02 bits per heavy atom. The zero-order chi connectivity index (χ0) is 39.9. The van der Waals surface area contributed by atoms with Crippen molar-refractivity contribution in [2.75, 3.05) is 40.4 Å². The van der Waals surface area contributed by atoms with Gasteiger partial charge in [-0.05, 0) is 58.5 Å². The number of phenolic OH excluding ortho intramolecular Hbond substituents is 2. The molecule has 0 heterocycles. The number of rotatable bonds is 14. The van der Waals surface area contributed by atoms with E-state index >= 15 is 0 Å². The van der Waals surface area contributed by atoms with E-state index in [1.54, 1.807) is 48.5 Å². The molecule has 4 aromatic rings. The minimum atomic E-state index is -4.60. The molecule has 0 spiro atoms. The molecule has 4 rings (SSSR count). The molecule has 0 atom stereocenters. The standard InChI is InChI=1S/C18H22N2O5S.C15H14O6S.C3H10N2/c1-12-4-6-13(7-5-12)18(22)14-10-17(16(25-2)11-15(14)21)26(23,24)20-9-3-8-19;1-9-3-5-10(6-4-9)15(17)11-7-14(22(18,19)20)13(21-2)8-12(11)16;4-2-1-3-5/h4-7,10-11,20-21H,3,8-9,19H2,1-2H3;3-8,16H,1-2H3,(H,18,19,20);1-5H2. The zero-order valence-electron chi connectivity index (χ0n) is 29.8. The van der Waals surface area contributed by atoms with E-state index in [9.17, 15) is 41.2 Å². The van der Waals surface area contributed by atoms with Crippen LogP contribution in [0.15, 0.2) is 82.6 Å². The van der Waals surface area contributed by atoms with Gasteiger partial charge in [0.25, 0.3) is 10.1 Å². The molecule has 0 unspecified atom stereocenters. The molecule has 4 aromatic carbocycles.